The van der Waals surface area contributed by atoms with E-state index in [1.54, 1.807) is 6.07 Å². The summed E-state index contributed by atoms with van der Waals surface area (Å²) in [4.78, 5) is 22.1. The minimum Gasteiger partial charge on any atom is -0.477 e. The maximum atomic E-state index is 11.3. The average Bonchev–Trinajstić information content (AvgIpc) is 3.51. The second-order valence-corrected chi connectivity index (χ2v) is 10.1. The van der Waals surface area contributed by atoms with Gasteiger partial charge in [0.2, 0.25) is 0 Å². The quantitative estimate of drug-likeness (QED) is 0.228. The molecule has 0 unspecified atom stereocenters. The van der Waals surface area contributed by atoms with Gasteiger partial charge in [-0.25, -0.2) is 9.78 Å². The van der Waals surface area contributed by atoms with Gasteiger partial charge in [-0.15, -0.1) is 11.3 Å². The van der Waals surface area contributed by atoms with E-state index in [-0.39, 0.29) is 5.57 Å². The fourth-order valence-electron chi connectivity index (χ4n) is 4.11. The fourth-order valence-corrected chi connectivity index (χ4v) is 5.06. The van der Waals surface area contributed by atoms with E-state index < -0.39 is 5.97 Å². The normalized spacial score (nSPS) is 11.3. The van der Waals surface area contributed by atoms with Gasteiger partial charge in [0.15, 0.2) is 5.82 Å². The van der Waals surface area contributed by atoms with Crippen molar-refractivity contribution in [1.82, 2.24) is 9.55 Å². The predicted molar refractivity (Wildman–Crippen MR) is 152 cm³/mol. The summed E-state index contributed by atoms with van der Waals surface area (Å²) in [6.07, 6.45) is 1.40. The summed E-state index contributed by atoms with van der Waals surface area (Å²) in [6.45, 7) is 2.79. The van der Waals surface area contributed by atoms with E-state index in [1.807, 2.05) is 40.3 Å². The minimum atomic E-state index is -1.24. The first-order valence-electron chi connectivity index (χ1n) is 11.8. The average molecular weight is 512 g/mol. The van der Waals surface area contributed by atoms with E-state index in [0.29, 0.717) is 11.4 Å². The Morgan fingerprint density at radius 2 is 1.54 bits per heavy atom. The molecule has 4 aromatic rings. The van der Waals surface area contributed by atoms with Gasteiger partial charge < -0.3 is 19.5 Å². The Morgan fingerprint density at radius 1 is 0.973 bits per heavy atom. The first kappa shape index (κ1) is 25.7. The SMILES string of the molecule is CCn1c(-c2ccc(/C=C(\C#N)C(=O)O)s2)nc(-c2ccc(N(C)C)cc2)c1-c1ccc(N(C)C)cc1. The van der Waals surface area contributed by atoms with Crippen LogP contribution >= 0.6 is 11.3 Å². The molecule has 1 N–H and O–H groups in total. The minimum absolute atomic E-state index is 0.296. The van der Waals surface area contributed by atoms with Crippen molar-refractivity contribution in [3.05, 3.63) is 71.1 Å². The number of hydrogen-bond acceptors (Lipinski definition) is 6. The number of carbonyl (C=O) groups is 1. The second-order valence-electron chi connectivity index (χ2n) is 8.94. The summed E-state index contributed by atoms with van der Waals surface area (Å²) in [6, 6.07) is 22.3. The third kappa shape index (κ3) is 5.27. The smallest absolute Gasteiger partial charge is 0.346 e. The van der Waals surface area contributed by atoms with E-state index in [2.05, 4.69) is 69.8 Å². The number of rotatable bonds is 8. The Hall–Kier alpha value is -4.35. The van der Waals surface area contributed by atoms with E-state index in [4.69, 9.17) is 10.2 Å². The van der Waals surface area contributed by atoms with Gasteiger partial charge in [-0.2, -0.15) is 5.26 Å². The molecule has 0 bridgehead atoms. The molecule has 8 heteroatoms. The lowest BCUT2D eigenvalue weighted by Gasteiger charge is -2.15. The zero-order valence-electron chi connectivity index (χ0n) is 21.6. The van der Waals surface area contributed by atoms with Crippen LogP contribution in [0.2, 0.25) is 0 Å². The highest BCUT2D eigenvalue weighted by Crippen LogP contribution is 2.39. The van der Waals surface area contributed by atoms with Gasteiger partial charge in [-0.1, -0.05) is 24.3 Å². The molecular weight excluding hydrogens is 482 g/mol. The molecule has 0 amide bonds. The highest BCUT2D eigenvalue weighted by atomic mass is 32.1. The van der Waals surface area contributed by atoms with Crippen molar-refractivity contribution in [2.75, 3.05) is 38.0 Å². The lowest BCUT2D eigenvalue weighted by atomic mass is 10.0. The molecule has 0 saturated carbocycles. The van der Waals surface area contributed by atoms with Crippen LogP contribution < -0.4 is 9.80 Å². The molecule has 7 nitrogen and oxygen atoms in total. The number of hydrogen-bond donors (Lipinski definition) is 1. The van der Waals surface area contributed by atoms with Crippen molar-refractivity contribution in [1.29, 1.82) is 5.26 Å². The molecule has 0 aliphatic rings. The zero-order valence-corrected chi connectivity index (χ0v) is 22.4. The van der Waals surface area contributed by atoms with Gasteiger partial charge in [0.1, 0.15) is 11.6 Å². The van der Waals surface area contributed by atoms with Gasteiger partial charge >= 0.3 is 5.97 Å². The number of aromatic nitrogens is 2. The molecule has 0 radical (unpaired) electrons. The largest absolute Gasteiger partial charge is 0.477 e. The number of carboxylic acids is 1. The maximum Gasteiger partial charge on any atom is 0.346 e. The molecule has 4 rings (SSSR count). The van der Waals surface area contributed by atoms with Gasteiger partial charge in [0.05, 0.1) is 16.3 Å². The Balaban J connectivity index is 1.90. The Morgan fingerprint density at radius 3 is 2.03 bits per heavy atom. The van der Waals surface area contributed by atoms with Crippen molar-refractivity contribution < 1.29 is 9.90 Å². The topological polar surface area (TPSA) is 85.4 Å². The molecule has 0 spiro atoms. The lowest BCUT2D eigenvalue weighted by molar-refractivity contribution is -0.132. The Labute approximate surface area is 221 Å². The number of nitrogens with zero attached hydrogens (tertiary/aromatic N) is 5. The predicted octanol–water partition coefficient (Wildman–Crippen LogP) is 6.09. The number of benzene rings is 2. The standard InChI is InChI=1S/C29H29N5O2S/c1-6-34-27(20-9-13-23(14-10-20)33(4)5)26(19-7-11-22(12-8-19)32(2)3)31-28(34)25-16-15-24(37-25)17-21(18-30)29(35)36/h7-17H,6H2,1-5H3,(H,35,36)/b21-17+. The summed E-state index contributed by atoms with van der Waals surface area (Å²) in [5, 5.41) is 18.4. The lowest BCUT2D eigenvalue weighted by Crippen LogP contribution is -2.08. The van der Waals surface area contributed by atoms with E-state index in [0.717, 1.165) is 44.6 Å². The second kappa shape index (κ2) is 10.7. The van der Waals surface area contributed by atoms with Crippen molar-refractivity contribution in [2.24, 2.45) is 0 Å². The van der Waals surface area contributed by atoms with Crippen molar-refractivity contribution in [3.8, 4) is 39.3 Å². The molecule has 0 aliphatic carbocycles. The summed E-state index contributed by atoms with van der Waals surface area (Å²) in [7, 11) is 8.07. The number of aliphatic carboxylic acids is 1. The molecule has 0 fully saturated rings. The third-order valence-electron chi connectivity index (χ3n) is 6.08. The summed E-state index contributed by atoms with van der Waals surface area (Å²) < 4.78 is 2.20. The molecule has 2 aromatic heterocycles. The van der Waals surface area contributed by atoms with E-state index in [1.165, 1.54) is 17.4 Å². The molecular formula is C29H29N5O2S. The fraction of sp³-hybridized carbons (Fsp3) is 0.207. The molecule has 0 aliphatic heterocycles. The highest BCUT2D eigenvalue weighted by Gasteiger charge is 2.22. The van der Waals surface area contributed by atoms with E-state index in [9.17, 15) is 9.90 Å². The van der Waals surface area contributed by atoms with Gasteiger partial charge in [0, 0.05) is 62.1 Å². The summed E-state index contributed by atoms with van der Waals surface area (Å²) >= 11 is 1.41. The van der Waals surface area contributed by atoms with Crippen LogP contribution in [0.5, 0.6) is 0 Å². The number of carboxylic acid groups (broad SMARTS) is 1. The molecule has 2 aromatic carbocycles. The van der Waals surface area contributed by atoms with Crippen LogP contribution in [0.15, 0.2) is 66.2 Å². The summed E-state index contributed by atoms with van der Waals surface area (Å²) in [5.74, 6) is -0.432. The zero-order chi connectivity index (χ0) is 26.7. The van der Waals surface area contributed by atoms with Crippen molar-refractivity contribution in [2.45, 2.75) is 13.5 Å². The first-order valence-corrected chi connectivity index (χ1v) is 12.7. The van der Waals surface area contributed by atoms with Crippen LogP contribution in [-0.2, 0) is 11.3 Å². The number of thiophene rings is 1. The molecule has 37 heavy (non-hydrogen) atoms. The van der Waals surface area contributed by atoms with Crippen LogP contribution in [0.3, 0.4) is 0 Å². The molecule has 188 valence electrons. The third-order valence-corrected chi connectivity index (χ3v) is 7.11. The summed E-state index contributed by atoms with van der Waals surface area (Å²) in [5.41, 5.74) is 5.91. The number of nitriles is 1. The molecule has 2 heterocycles. The number of imidazole rings is 1. The van der Waals surface area contributed by atoms with Crippen LogP contribution in [0.25, 0.3) is 39.3 Å². The van der Waals surface area contributed by atoms with Crippen LogP contribution in [0.4, 0.5) is 11.4 Å². The van der Waals surface area contributed by atoms with Gasteiger partial charge in [-0.3, -0.25) is 0 Å². The highest BCUT2D eigenvalue weighted by molar-refractivity contribution is 7.16. The van der Waals surface area contributed by atoms with Crippen molar-refractivity contribution in [3.63, 3.8) is 0 Å². The van der Waals surface area contributed by atoms with Gasteiger partial charge in [0.25, 0.3) is 0 Å². The Kier molecular flexibility index (Phi) is 7.46. The molecule has 0 saturated heterocycles. The Bertz CT molecular complexity index is 1490. The van der Waals surface area contributed by atoms with Crippen LogP contribution in [0.1, 0.15) is 11.8 Å². The number of anilines is 2. The van der Waals surface area contributed by atoms with E-state index >= 15 is 0 Å². The van der Waals surface area contributed by atoms with Crippen LogP contribution in [-0.4, -0.2) is 48.8 Å². The first-order chi connectivity index (χ1) is 17.7. The van der Waals surface area contributed by atoms with Crippen molar-refractivity contribution >= 4 is 34.8 Å². The monoisotopic (exact) mass is 511 g/mol. The molecule has 0 atom stereocenters. The van der Waals surface area contributed by atoms with Crippen LogP contribution in [0, 0.1) is 11.3 Å². The maximum absolute atomic E-state index is 11.3. The van der Waals surface area contributed by atoms with Gasteiger partial charge in [-0.05, 0) is 49.4 Å².